The summed E-state index contributed by atoms with van der Waals surface area (Å²) in [5.74, 6) is -0.650. The van der Waals surface area contributed by atoms with E-state index in [4.69, 9.17) is 9.47 Å². The van der Waals surface area contributed by atoms with Crippen LogP contribution in [0.3, 0.4) is 0 Å². The molecule has 0 bridgehead atoms. The number of rotatable bonds is 5. The summed E-state index contributed by atoms with van der Waals surface area (Å²) in [5.41, 5.74) is 1.75. The maximum Gasteiger partial charge on any atom is 0.301 e. The van der Waals surface area contributed by atoms with Crippen molar-refractivity contribution in [3.05, 3.63) is 76.3 Å². The van der Waals surface area contributed by atoms with Crippen LogP contribution in [0.5, 0.6) is 11.5 Å². The number of hydrogen-bond acceptors (Lipinski definition) is 7. The smallest absolute Gasteiger partial charge is 0.301 e. The molecular formula is C23H20N2O5S. The molecule has 7 nitrogen and oxygen atoms in total. The predicted octanol–water partition coefficient (Wildman–Crippen LogP) is 4.10. The second-order valence-corrected chi connectivity index (χ2v) is 7.78. The van der Waals surface area contributed by atoms with E-state index in [1.165, 1.54) is 23.3 Å². The first-order chi connectivity index (χ1) is 15.0. The summed E-state index contributed by atoms with van der Waals surface area (Å²) in [7, 11) is 3.07. The third-order valence-electron chi connectivity index (χ3n) is 5.17. The van der Waals surface area contributed by atoms with Gasteiger partial charge in [-0.25, -0.2) is 4.98 Å². The molecule has 1 atom stereocenters. The normalized spacial score (nSPS) is 17.8. The number of aromatic nitrogens is 1. The fraction of sp³-hybridized carbons (Fsp3) is 0.174. The van der Waals surface area contributed by atoms with Gasteiger partial charge in [0.2, 0.25) is 0 Å². The first-order valence-corrected chi connectivity index (χ1v) is 10.3. The lowest BCUT2D eigenvalue weighted by atomic mass is 9.94. The number of Topliss-reactive ketones (excluding diaryl/α,β-unsaturated/α-hetero) is 1. The van der Waals surface area contributed by atoms with Crippen LogP contribution in [0.4, 0.5) is 5.13 Å². The Morgan fingerprint density at radius 2 is 1.84 bits per heavy atom. The number of aliphatic hydroxyl groups is 1. The summed E-state index contributed by atoms with van der Waals surface area (Å²) in [6.07, 6.45) is 1.56. The van der Waals surface area contributed by atoms with Crippen molar-refractivity contribution in [3.63, 3.8) is 0 Å². The number of aryl methyl sites for hydroxylation is 1. The van der Waals surface area contributed by atoms with Crippen LogP contribution in [0.2, 0.25) is 0 Å². The summed E-state index contributed by atoms with van der Waals surface area (Å²) in [6, 6.07) is 11.3. The summed E-state index contributed by atoms with van der Waals surface area (Å²) in [5, 5.41) is 13.3. The minimum atomic E-state index is -0.885. The SMILES string of the molecule is COc1ccc(C(O)=C2C(=O)C(=O)N(c3nccs3)C2c2ccccc2OC)cc1C. The Morgan fingerprint density at radius 3 is 2.48 bits per heavy atom. The van der Waals surface area contributed by atoms with Crippen molar-refractivity contribution in [1.82, 2.24) is 4.98 Å². The highest BCUT2D eigenvalue weighted by Crippen LogP contribution is 2.45. The van der Waals surface area contributed by atoms with Gasteiger partial charge in [-0.3, -0.25) is 14.5 Å². The second kappa shape index (κ2) is 8.23. The second-order valence-electron chi connectivity index (χ2n) is 6.91. The molecule has 1 aliphatic rings. The van der Waals surface area contributed by atoms with E-state index >= 15 is 0 Å². The fourth-order valence-corrected chi connectivity index (χ4v) is 4.40. The van der Waals surface area contributed by atoms with Crippen molar-refractivity contribution >= 4 is 33.9 Å². The topological polar surface area (TPSA) is 89.0 Å². The van der Waals surface area contributed by atoms with Gasteiger partial charge in [0, 0.05) is 22.7 Å². The maximum atomic E-state index is 13.1. The van der Waals surface area contributed by atoms with Crippen LogP contribution in [-0.4, -0.2) is 36.0 Å². The van der Waals surface area contributed by atoms with Gasteiger partial charge in [0.05, 0.1) is 19.8 Å². The quantitative estimate of drug-likeness (QED) is 0.368. The molecule has 1 aliphatic heterocycles. The molecule has 1 saturated heterocycles. The number of ether oxygens (including phenoxy) is 2. The molecule has 1 unspecified atom stereocenters. The molecule has 0 spiro atoms. The van der Waals surface area contributed by atoms with Crippen LogP contribution in [0.15, 0.2) is 59.6 Å². The molecule has 3 aromatic rings. The van der Waals surface area contributed by atoms with Crippen LogP contribution < -0.4 is 14.4 Å². The van der Waals surface area contributed by atoms with Crippen LogP contribution in [0, 0.1) is 6.92 Å². The molecule has 1 aromatic heterocycles. The molecule has 0 radical (unpaired) electrons. The largest absolute Gasteiger partial charge is 0.507 e. The van der Waals surface area contributed by atoms with E-state index in [1.807, 2.05) is 6.92 Å². The molecule has 1 fully saturated rings. The lowest BCUT2D eigenvalue weighted by Gasteiger charge is -2.24. The molecule has 0 saturated carbocycles. The summed E-state index contributed by atoms with van der Waals surface area (Å²) >= 11 is 1.23. The number of anilines is 1. The van der Waals surface area contributed by atoms with Gasteiger partial charge in [0.25, 0.3) is 5.78 Å². The molecular weight excluding hydrogens is 416 g/mol. The third kappa shape index (κ3) is 3.44. The Bertz CT molecular complexity index is 1190. The molecule has 4 rings (SSSR count). The highest BCUT2D eigenvalue weighted by molar-refractivity contribution is 7.14. The monoisotopic (exact) mass is 436 g/mol. The van der Waals surface area contributed by atoms with Crippen molar-refractivity contribution in [2.24, 2.45) is 0 Å². The Balaban J connectivity index is 1.96. The standard InChI is InChI=1S/C23H20N2O5S/c1-13-12-14(8-9-16(13)29-2)20(26)18-19(15-6-4-5-7-17(15)30-3)25(22(28)21(18)27)23-24-10-11-31-23/h4-12,19,26H,1-3H3. The predicted molar refractivity (Wildman–Crippen MR) is 118 cm³/mol. The van der Waals surface area contributed by atoms with Gasteiger partial charge in [0.1, 0.15) is 23.3 Å². The first kappa shape index (κ1) is 20.6. The average molecular weight is 436 g/mol. The molecule has 2 aromatic carbocycles. The number of carbonyl (C=O) groups excluding carboxylic acids is 2. The van der Waals surface area contributed by atoms with E-state index < -0.39 is 17.7 Å². The van der Waals surface area contributed by atoms with Crippen LogP contribution in [-0.2, 0) is 9.59 Å². The number of aliphatic hydroxyl groups excluding tert-OH is 1. The van der Waals surface area contributed by atoms with Gasteiger partial charge < -0.3 is 14.6 Å². The Kier molecular flexibility index (Phi) is 5.48. The Hall–Kier alpha value is -3.65. The van der Waals surface area contributed by atoms with Gasteiger partial charge in [-0.15, -0.1) is 11.3 Å². The van der Waals surface area contributed by atoms with Gasteiger partial charge >= 0.3 is 5.91 Å². The molecule has 2 heterocycles. The zero-order valence-corrected chi connectivity index (χ0v) is 18.0. The third-order valence-corrected chi connectivity index (χ3v) is 5.94. The van der Waals surface area contributed by atoms with E-state index in [2.05, 4.69) is 4.98 Å². The Morgan fingerprint density at radius 1 is 1.10 bits per heavy atom. The van der Waals surface area contributed by atoms with Gasteiger partial charge in [-0.1, -0.05) is 18.2 Å². The highest BCUT2D eigenvalue weighted by atomic mass is 32.1. The molecule has 31 heavy (non-hydrogen) atoms. The number of hydrogen-bond donors (Lipinski definition) is 1. The van der Waals surface area contributed by atoms with Crippen LogP contribution >= 0.6 is 11.3 Å². The Labute approximate surface area is 183 Å². The number of carbonyl (C=O) groups is 2. The molecule has 8 heteroatoms. The van der Waals surface area contributed by atoms with E-state index in [0.29, 0.717) is 27.8 Å². The van der Waals surface area contributed by atoms with Crippen molar-refractivity contribution in [3.8, 4) is 11.5 Å². The minimum Gasteiger partial charge on any atom is -0.507 e. The number of benzene rings is 2. The lowest BCUT2D eigenvalue weighted by molar-refractivity contribution is -0.132. The summed E-state index contributed by atoms with van der Waals surface area (Å²) in [4.78, 5) is 31.7. The van der Waals surface area contributed by atoms with Crippen LogP contribution in [0.25, 0.3) is 5.76 Å². The van der Waals surface area contributed by atoms with E-state index in [1.54, 1.807) is 61.2 Å². The van der Waals surface area contributed by atoms with Crippen molar-refractivity contribution < 1.29 is 24.2 Å². The van der Waals surface area contributed by atoms with Crippen molar-refractivity contribution in [2.75, 3.05) is 19.1 Å². The summed E-state index contributed by atoms with van der Waals surface area (Å²) in [6.45, 7) is 1.83. The van der Waals surface area contributed by atoms with Crippen LogP contribution in [0.1, 0.15) is 22.7 Å². The number of para-hydroxylation sites is 1. The molecule has 1 amide bonds. The molecule has 158 valence electrons. The van der Waals surface area contributed by atoms with E-state index in [-0.39, 0.29) is 11.3 Å². The minimum absolute atomic E-state index is 0.0192. The van der Waals surface area contributed by atoms with E-state index in [9.17, 15) is 14.7 Å². The van der Waals surface area contributed by atoms with E-state index in [0.717, 1.165) is 5.56 Å². The fourth-order valence-electron chi connectivity index (χ4n) is 3.73. The van der Waals surface area contributed by atoms with Gasteiger partial charge in [-0.05, 0) is 36.8 Å². The maximum absolute atomic E-state index is 13.1. The molecule has 1 N–H and O–H groups in total. The number of amides is 1. The van der Waals surface area contributed by atoms with Crippen molar-refractivity contribution in [2.45, 2.75) is 13.0 Å². The average Bonchev–Trinajstić information content (AvgIpc) is 3.40. The summed E-state index contributed by atoms with van der Waals surface area (Å²) < 4.78 is 10.8. The number of methoxy groups -OCH3 is 2. The highest BCUT2D eigenvalue weighted by Gasteiger charge is 2.48. The number of thiazole rings is 1. The number of ketones is 1. The number of nitrogens with zero attached hydrogens (tertiary/aromatic N) is 2. The van der Waals surface area contributed by atoms with Crippen molar-refractivity contribution in [1.29, 1.82) is 0 Å². The zero-order valence-electron chi connectivity index (χ0n) is 17.2. The first-order valence-electron chi connectivity index (χ1n) is 9.46. The lowest BCUT2D eigenvalue weighted by Crippen LogP contribution is -2.29. The zero-order chi connectivity index (χ0) is 22.1. The van der Waals surface area contributed by atoms with Gasteiger partial charge in [-0.2, -0.15) is 0 Å². The molecule has 0 aliphatic carbocycles. The van der Waals surface area contributed by atoms with Gasteiger partial charge in [0.15, 0.2) is 5.13 Å².